The van der Waals surface area contributed by atoms with Crippen molar-refractivity contribution in [1.29, 1.82) is 0 Å². The van der Waals surface area contributed by atoms with Gasteiger partial charge in [-0.15, -0.1) is 0 Å². The maximum absolute atomic E-state index is 9.92. The van der Waals surface area contributed by atoms with Crippen LogP contribution in [-0.2, 0) is 0 Å². The molecule has 2 aliphatic carbocycles. The van der Waals surface area contributed by atoms with Gasteiger partial charge in [-0.3, -0.25) is 0 Å². The van der Waals surface area contributed by atoms with E-state index in [0.717, 1.165) is 24.8 Å². The summed E-state index contributed by atoms with van der Waals surface area (Å²) in [6, 6.07) is 0. The largest absolute Gasteiger partial charge is 0.389 e. The van der Waals surface area contributed by atoms with E-state index < -0.39 is 5.60 Å². The lowest BCUT2D eigenvalue weighted by atomic mass is 10.0. The maximum atomic E-state index is 9.92. The lowest BCUT2D eigenvalue weighted by Crippen LogP contribution is -2.39. The van der Waals surface area contributed by atoms with Crippen molar-refractivity contribution in [2.45, 2.75) is 44.6 Å². The van der Waals surface area contributed by atoms with E-state index in [1.165, 1.54) is 38.8 Å². The number of hydrogen-bond acceptors (Lipinski definition) is 3. The first-order valence-corrected chi connectivity index (χ1v) is 6.74. The van der Waals surface area contributed by atoms with Crippen molar-refractivity contribution >= 4 is 0 Å². The van der Waals surface area contributed by atoms with Crippen LogP contribution in [0.25, 0.3) is 0 Å². The Morgan fingerprint density at radius 3 is 2.06 bits per heavy atom. The van der Waals surface area contributed by atoms with Crippen molar-refractivity contribution in [3.05, 3.63) is 0 Å². The quantitative estimate of drug-likeness (QED) is 0.654. The molecule has 1 unspecified atom stereocenters. The van der Waals surface area contributed by atoms with Crippen LogP contribution in [0.15, 0.2) is 0 Å². The van der Waals surface area contributed by atoms with Gasteiger partial charge in [0.15, 0.2) is 0 Å². The van der Waals surface area contributed by atoms with Gasteiger partial charge in [-0.25, -0.2) is 0 Å². The molecular weight excluding hydrogens is 200 g/mol. The first-order valence-electron chi connectivity index (χ1n) is 6.74. The Balaban J connectivity index is 1.71. The third kappa shape index (κ3) is 4.40. The minimum atomic E-state index is -0.675. The molecule has 0 saturated heterocycles. The molecule has 0 spiro atoms. The van der Waals surface area contributed by atoms with Gasteiger partial charge in [-0.1, -0.05) is 0 Å². The molecule has 2 fully saturated rings. The molecule has 2 aliphatic rings. The Labute approximate surface area is 99.0 Å². The van der Waals surface area contributed by atoms with Gasteiger partial charge in [0.1, 0.15) is 0 Å². The molecule has 3 N–H and O–H groups in total. The predicted octanol–water partition coefficient (Wildman–Crippen LogP) is 1.21. The molecule has 1 atom stereocenters. The molecule has 16 heavy (non-hydrogen) atoms. The zero-order valence-electron chi connectivity index (χ0n) is 10.5. The van der Waals surface area contributed by atoms with Gasteiger partial charge in [0.2, 0.25) is 0 Å². The van der Waals surface area contributed by atoms with Crippen LogP contribution in [-0.4, -0.2) is 41.8 Å². The highest BCUT2D eigenvalue weighted by Crippen LogP contribution is 2.33. The van der Waals surface area contributed by atoms with E-state index in [1.807, 2.05) is 6.92 Å². The van der Waals surface area contributed by atoms with Crippen molar-refractivity contribution in [3.63, 3.8) is 0 Å². The van der Waals surface area contributed by atoms with Crippen LogP contribution in [0.3, 0.4) is 0 Å². The van der Waals surface area contributed by atoms with E-state index in [4.69, 9.17) is 5.73 Å². The third-order valence-corrected chi connectivity index (χ3v) is 3.83. The van der Waals surface area contributed by atoms with Crippen molar-refractivity contribution in [2.75, 3.05) is 26.2 Å². The van der Waals surface area contributed by atoms with E-state index in [0.29, 0.717) is 6.54 Å². The SMILES string of the molecule is CC(O)(CN)CCN(CC1CC1)CC1CC1. The Morgan fingerprint density at radius 2 is 1.69 bits per heavy atom. The fourth-order valence-corrected chi connectivity index (χ4v) is 2.09. The summed E-state index contributed by atoms with van der Waals surface area (Å²) in [5.74, 6) is 1.89. The molecule has 2 rings (SSSR count). The summed E-state index contributed by atoms with van der Waals surface area (Å²) in [5, 5.41) is 9.92. The molecule has 0 aliphatic heterocycles. The topological polar surface area (TPSA) is 49.5 Å². The summed E-state index contributed by atoms with van der Waals surface area (Å²) < 4.78 is 0. The average Bonchev–Trinajstić information content (AvgIpc) is 3.09. The second kappa shape index (κ2) is 5.03. The number of nitrogens with zero attached hydrogens (tertiary/aromatic N) is 1. The van der Waals surface area contributed by atoms with Gasteiger partial charge in [0, 0.05) is 26.2 Å². The minimum absolute atomic E-state index is 0.369. The molecular formula is C13H26N2O. The van der Waals surface area contributed by atoms with Gasteiger partial charge in [-0.2, -0.15) is 0 Å². The van der Waals surface area contributed by atoms with Gasteiger partial charge >= 0.3 is 0 Å². The summed E-state index contributed by atoms with van der Waals surface area (Å²) in [7, 11) is 0. The van der Waals surface area contributed by atoms with Crippen LogP contribution in [0.1, 0.15) is 39.0 Å². The van der Waals surface area contributed by atoms with Crippen LogP contribution in [0.4, 0.5) is 0 Å². The van der Waals surface area contributed by atoms with Crippen molar-refractivity contribution < 1.29 is 5.11 Å². The van der Waals surface area contributed by atoms with E-state index in [9.17, 15) is 5.11 Å². The fraction of sp³-hybridized carbons (Fsp3) is 1.00. The van der Waals surface area contributed by atoms with Crippen molar-refractivity contribution in [3.8, 4) is 0 Å². The molecule has 0 amide bonds. The Hall–Kier alpha value is -0.120. The summed E-state index contributed by atoms with van der Waals surface area (Å²) >= 11 is 0. The molecule has 0 aromatic heterocycles. The van der Waals surface area contributed by atoms with E-state index in [2.05, 4.69) is 4.90 Å². The number of hydrogen-bond donors (Lipinski definition) is 2. The first kappa shape index (κ1) is 12.3. The molecule has 0 aromatic rings. The monoisotopic (exact) mass is 226 g/mol. The summed E-state index contributed by atoms with van der Waals surface area (Å²) in [4.78, 5) is 2.56. The van der Waals surface area contributed by atoms with Crippen LogP contribution < -0.4 is 5.73 Å². The maximum Gasteiger partial charge on any atom is 0.0753 e. The smallest absolute Gasteiger partial charge is 0.0753 e. The van der Waals surface area contributed by atoms with E-state index >= 15 is 0 Å². The van der Waals surface area contributed by atoms with Gasteiger partial charge < -0.3 is 15.7 Å². The minimum Gasteiger partial charge on any atom is -0.389 e. The highest BCUT2D eigenvalue weighted by molar-refractivity contribution is 4.84. The fourth-order valence-electron chi connectivity index (χ4n) is 2.09. The summed E-state index contributed by atoms with van der Waals surface area (Å²) in [6.07, 6.45) is 6.45. The molecule has 0 heterocycles. The zero-order chi connectivity index (χ0) is 11.6. The molecule has 3 heteroatoms. The van der Waals surface area contributed by atoms with Gasteiger partial charge in [-0.05, 0) is 50.9 Å². The Bertz CT molecular complexity index is 208. The van der Waals surface area contributed by atoms with Gasteiger partial charge in [0.25, 0.3) is 0 Å². The molecule has 0 aromatic carbocycles. The lowest BCUT2D eigenvalue weighted by molar-refractivity contribution is 0.0464. The van der Waals surface area contributed by atoms with Crippen LogP contribution >= 0.6 is 0 Å². The summed E-state index contributed by atoms with van der Waals surface area (Å²) in [6.45, 7) is 5.72. The van der Waals surface area contributed by atoms with Crippen molar-refractivity contribution in [1.82, 2.24) is 4.90 Å². The average molecular weight is 226 g/mol. The second-order valence-corrected chi connectivity index (χ2v) is 6.10. The predicted molar refractivity (Wildman–Crippen MR) is 66.2 cm³/mol. The molecule has 0 bridgehead atoms. The van der Waals surface area contributed by atoms with Gasteiger partial charge in [0.05, 0.1) is 5.60 Å². The number of rotatable bonds is 8. The van der Waals surface area contributed by atoms with Crippen LogP contribution in [0.2, 0.25) is 0 Å². The second-order valence-electron chi connectivity index (χ2n) is 6.10. The highest BCUT2D eigenvalue weighted by Gasteiger charge is 2.30. The molecule has 3 nitrogen and oxygen atoms in total. The van der Waals surface area contributed by atoms with Crippen molar-refractivity contribution in [2.24, 2.45) is 17.6 Å². The van der Waals surface area contributed by atoms with E-state index in [-0.39, 0.29) is 0 Å². The molecule has 0 radical (unpaired) electrons. The van der Waals surface area contributed by atoms with Crippen LogP contribution in [0, 0.1) is 11.8 Å². The highest BCUT2D eigenvalue weighted by atomic mass is 16.3. The number of nitrogens with two attached hydrogens (primary N) is 1. The molecule has 2 saturated carbocycles. The lowest BCUT2D eigenvalue weighted by Gasteiger charge is -2.27. The Kier molecular flexibility index (Phi) is 3.88. The Morgan fingerprint density at radius 1 is 1.19 bits per heavy atom. The van der Waals surface area contributed by atoms with Crippen LogP contribution in [0.5, 0.6) is 0 Å². The third-order valence-electron chi connectivity index (χ3n) is 3.83. The van der Waals surface area contributed by atoms with E-state index in [1.54, 1.807) is 0 Å². The number of aliphatic hydroxyl groups is 1. The standard InChI is InChI=1S/C13H26N2O/c1-13(16,10-14)6-7-15(8-11-2-3-11)9-12-4-5-12/h11-12,16H,2-10,14H2,1H3. The first-order chi connectivity index (χ1) is 7.59. The zero-order valence-corrected chi connectivity index (χ0v) is 10.5. The summed E-state index contributed by atoms with van der Waals surface area (Å²) in [5.41, 5.74) is 4.88. The normalized spacial score (nSPS) is 24.8. The molecule has 94 valence electrons.